The van der Waals surface area contributed by atoms with E-state index in [2.05, 4.69) is 89.1 Å². The van der Waals surface area contributed by atoms with Crippen molar-refractivity contribution in [1.82, 2.24) is 0 Å². The molecule has 3 rings (SSSR count). The largest absolute Gasteiger partial charge is 0.392 e. The quantitative estimate of drug-likeness (QED) is 0.316. The lowest BCUT2D eigenvalue weighted by Gasteiger charge is -2.13. The Morgan fingerprint density at radius 3 is 2.39 bits per heavy atom. The number of benzene rings is 2. The molecule has 0 aliphatic heterocycles. The first kappa shape index (κ1) is 24.3. The van der Waals surface area contributed by atoms with Crippen molar-refractivity contribution in [2.75, 3.05) is 13.7 Å². The second-order valence-electron chi connectivity index (χ2n) is 8.04. The highest BCUT2D eigenvalue weighted by atomic mass is 32.1. The average molecular weight is 453 g/mol. The number of rotatable bonds is 7. The van der Waals surface area contributed by atoms with Crippen molar-refractivity contribution in [3.8, 4) is 34.8 Å². The van der Waals surface area contributed by atoms with Gasteiger partial charge in [0, 0.05) is 13.5 Å². The minimum absolute atomic E-state index is 0.0406. The molecular formula is C30H28O2S. The third kappa shape index (κ3) is 7.94. The summed E-state index contributed by atoms with van der Waals surface area (Å²) >= 11 is 1.71. The molecule has 33 heavy (non-hydrogen) atoms. The SMILES string of the molecule is COC(C)(C)C#CC#CCC(=Cc1cccc(C=Cc2cccc(-c3ccsc3)c2)c1)CO. The van der Waals surface area contributed by atoms with Crippen LogP contribution in [0.5, 0.6) is 0 Å². The number of aliphatic hydroxyl groups excluding tert-OH is 1. The molecule has 1 heterocycles. The van der Waals surface area contributed by atoms with Crippen LogP contribution in [0.15, 0.2) is 70.9 Å². The van der Waals surface area contributed by atoms with E-state index in [9.17, 15) is 5.11 Å². The van der Waals surface area contributed by atoms with E-state index in [0.717, 1.165) is 22.3 Å². The molecule has 0 atom stereocenters. The Kier molecular flexibility index (Phi) is 8.87. The normalized spacial score (nSPS) is 11.6. The Labute approximate surface area is 201 Å². The van der Waals surface area contributed by atoms with Crippen molar-refractivity contribution < 1.29 is 9.84 Å². The van der Waals surface area contributed by atoms with Gasteiger partial charge in [-0.15, -0.1) is 0 Å². The van der Waals surface area contributed by atoms with Crippen LogP contribution in [0, 0.1) is 23.7 Å². The number of ether oxygens (including phenoxy) is 1. The van der Waals surface area contributed by atoms with Gasteiger partial charge in [-0.05, 0) is 88.0 Å². The summed E-state index contributed by atoms with van der Waals surface area (Å²) in [7, 11) is 1.63. The molecule has 1 N–H and O–H groups in total. The summed E-state index contributed by atoms with van der Waals surface area (Å²) in [5.74, 6) is 11.6. The Balaban J connectivity index is 1.70. The van der Waals surface area contributed by atoms with Gasteiger partial charge in [0.15, 0.2) is 0 Å². The Morgan fingerprint density at radius 2 is 1.70 bits per heavy atom. The monoisotopic (exact) mass is 452 g/mol. The predicted octanol–water partition coefficient (Wildman–Crippen LogP) is 6.78. The summed E-state index contributed by atoms with van der Waals surface area (Å²) in [6.45, 7) is 3.74. The van der Waals surface area contributed by atoms with Crippen LogP contribution in [-0.4, -0.2) is 24.4 Å². The van der Waals surface area contributed by atoms with Crippen LogP contribution in [0.25, 0.3) is 29.4 Å². The number of methoxy groups -OCH3 is 1. The number of thiophene rings is 1. The fourth-order valence-corrected chi connectivity index (χ4v) is 3.68. The second kappa shape index (κ2) is 12.0. The lowest BCUT2D eigenvalue weighted by atomic mass is 10.0. The molecule has 2 aromatic carbocycles. The zero-order valence-corrected chi connectivity index (χ0v) is 20.1. The summed E-state index contributed by atoms with van der Waals surface area (Å²) in [5, 5.41) is 14.0. The molecular weight excluding hydrogens is 424 g/mol. The Hall–Kier alpha value is -3.34. The summed E-state index contributed by atoms with van der Waals surface area (Å²) in [6.07, 6.45) is 6.68. The fraction of sp³-hybridized carbons (Fsp3) is 0.200. The number of aliphatic hydroxyl groups is 1. The molecule has 2 nitrogen and oxygen atoms in total. The second-order valence-corrected chi connectivity index (χ2v) is 8.82. The standard InChI is InChI=1S/C30H28O2S/c1-30(2,32-3)17-6-4-5-9-27(22-31)20-26-12-7-10-24(19-26)14-15-25-11-8-13-28(21-25)29-16-18-33-23-29/h7-8,10-16,18-21,23,31H,9,22H2,1-3H3. The van der Waals surface area contributed by atoms with E-state index in [1.54, 1.807) is 18.4 Å². The number of hydrogen-bond acceptors (Lipinski definition) is 3. The third-order valence-electron chi connectivity index (χ3n) is 5.03. The highest BCUT2D eigenvalue weighted by Crippen LogP contribution is 2.24. The molecule has 1 aromatic heterocycles. The van der Waals surface area contributed by atoms with Gasteiger partial charge in [-0.1, -0.05) is 66.5 Å². The van der Waals surface area contributed by atoms with Gasteiger partial charge in [-0.25, -0.2) is 0 Å². The third-order valence-corrected chi connectivity index (χ3v) is 5.72. The molecule has 0 saturated carbocycles. The van der Waals surface area contributed by atoms with Gasteiger partial charge in [0.25, 0.3) is 0 Å². The van der Waals surface area contributed by atoms with Crippen molar-refractivity contribution in [2.45, 2.75) is 25.9 Å². The Morgan fingerprint density at radius 1 is 0.970 bits per heavy atom. The average Bonchev–Trinajstić information content (AvgIpc) is 3.37. The van der Waals surface area contributed by atoms with Crippen LogP contribution in [0.1, 0.15) is 37.0 Å². The van der Waals surface area contributed by atoms with Gasteiger partial charge >= 0.3 is 0 Å². The zero-order valence-electron chi connectivity index (χ0n) is 19.3. The topological polar surface area (TPSA) is 29.5 Å². The van der Waals surface area contributed by atoms with Crippen LogP contribution >= 0.6 is 11.3 Å². The van der Waals surface area contributed by atoms with Crippen LogP contribution < -0.4 is 0 Å². The number of hydrogen-bond donors (Lipinski definition) is 1. The molecule has 0 unspecified atom stereocenters. The smallest absolute Gasteiger partial charge is 0.123 e. The van der Waals surface area contributed by atoms with Gasteiger partial charge in [0.1, 0.15) is 5.60 Å². The first-order chi connectivity index (χ1) is 16.0. The lowest BCUT2D eigenvalue weighted by Crippen LogP contribution is -2.18. The molecule has 0 aliphatic carbocycles. The maximum Gasteiger partial charge on any atom is 0.123 e. The van der Waals surface area contributed by atoms with Crippen molar-refractivity contribution in [3.63, 3.8) is 0 Å². The van der Waals surface area contributed by atoms with Gasteiger partial charge < -0.3 is 9.84 Å². The predicted molar refractivity (Wildman–Crippen MR) is 141 cm³/mol. The minimum atomic E-state index is -0.510. The van der Waals surface area contributed by atoms with Gasteiger partial charge in [-0.2, -0.15) is 11.3 Å². The van der Waals surface area contributed by atoms with E-state index in [-0.39, 0.29) is 6.61 Å². The van der Waals surface area contributed by atoms with Crippen molar-refractivity contribution in [3.05, 3.63) is 87.6 Å². The van der Waals surface area contributed by atoms with Crippen molar-refractivity contribution in [1.29, 1.82) is 0 Å². The fourth-order valence-electron chi connectivity index (χ4n) is 3.02. The van der Waals surface area contributed by atoms with Crippen molar-refractivity contribution >= 4 is 29.6 Å². The lowest BCUT2D eigenvalue weighted by molar-refractivity contribution is 0.0742. The van der Waals surface area contributed by atoms with Crippen LogP contribution in [-0.2, 0) is 4.74 Å². The molecule has 0 amide bonds. The zero-order chi connectivity index (χ0) is 23.5. The molecule has 0 bridgehead atoms. The first-order valence-corrected chi connectivity index (χ1v) is 11.7. The van der Waals surface area contributed by atoms with E-state index in [1.165, 1.54) is 11.1 Å². The highest BCUT2D eigenvalue weighted by molar-refractivity contribution is 7.08. The molecule has 3 aromatic rings. The summed E-state index contributed by atoms with van der Waals surface area (Å²) in [6, 6.07) is 18.9. The van der Waals surface area contributed by atoms with Crippen molar-refractivity contribution in [2.24, 2.45) is 0 Å². The summed E-state index contributed by atoms with van der Waals surface area (Å²) in [5.41, 5.74) is 6.09. The van der Waals surface area contributed by atoms with Crippen LogP contribution in [0.4, 0.5) is 0 Å². The molecule has 0 radical (unpaired) electrons. The minimum Gasteiger partial charge on any atom is -0.392 e. The highest BCUT2D eigenvalue weighted by Gasteiger charge is 2.10. The van der Waals surface area contributed by atoms with E-state index in [0.29, 0.717) is 6.42 Å². The van der Waals surface area contributed by atoms with Crippen LogP contribution in [0.3, 0.4) is 0 Å². The van der Waals surface area contributed by atoms with E-state index >= 15 is 0 Å². The maximum atomic E-state index is 9.73. The first-order valence-electron chi connectivity index (χ1n) is 10.8. The molecule has 166 valence electrons. The van der Waals surface area contributed by atoms with Gasteiger partial charge in [0.2, 0.25) is 0 Å². The van der Waals surface area contributed by atoms with Gasteiger partial charge in [0.05, 0.1) is 6.61 Å². The summed E-state index contributed by atoms with van der Waals surface area (Å²) < 4.78 is 5.25. The maximum absolute atomic E-state index is 9.73. The van der Waals surface area contributed by atoms with E-state index in [4.69, 9.17) is 4.74 Å². The Bertz CT molecular complexity index is 1240. The van der Waals surface area contributed by atoms with Gasteiger partial charge in [-0.3, -0.25) is 0 Å². The molecule has 0 aliphatic rings. The van der Waals surface area contributed by atoms with E-state index in [1.807, 2.05) is 32.1 Å². The molecule has 0 spiro atoms. The van der Waals surface area contributed by atoms with E-state index < -0.39 is 5.60 Å². The molecule has 0 saturated heterocycles. The molecule has 0 fully saturated rings. The molecule has 3 heteroatoms. The van der Waals surface area contributed by atoms with Crippen LogP contribution in [0.2, 0.25) is 0 Å². The summed E-state index contributed by atoms with van der Waals surface area (Å²) in [4.78, 5) is 0.